The molecule has 1 aliphatic rings. The summed E-state index contributed by atoms with van der Waals surface area (Å²) in [6.45, 7) is 2.09. The van der Waals surface area contributed by atoms with Crippen LogP contribution >= 0.6 is 35.3 Å². The molecule has 0 bridgehead atoms. The van der Waals surface area contributed by atoms with E-state index in [4.69, 9.17) is 0 Å². The van der Waals surface area contributed by atoms with Crippen LogP contribution in [-0.4, -0.2) is 26.4 Å². The zero-order valence-corrected chi connectivity index (χ0v) is 23.1. The highest BCUT2D eigenvalue weighted by molar-refractivity contribution is 8.00. The second-order valence-corrected chi connectivity index (χ2v) is 11.8. The van der Waals surface area contributed by atoms with E-state index in [0.717, 1.165) is 32.7 Å². The molecule has 0 saturated heterocycles. The molecule has 1 aliphatic heterocycles. The van der Waals surface area contributed by atoms with Gasteiger partial charge in [0.2, 0.25) is 5.91 Å². The number of nitrogens with zero attached hydrogens (tertiary/aromatic N) is 4. The molecule has 6 rings (SSSR count). The number of anilines is 2. The molecule has 1 amide bonds. The Bertz CT molecular complexity index is 1540. The van der Waals surface area contributed by atoms with E-state index in [1.54, 1.807) is 23.5 Å². The highest BCUT2D eigenvalue weighted by Crippen LogP contribution is 2.48. The van der Waals surface area contributed by atoms with Crippen molar-refractivity contribution in [3.05, 3.63) is 115 Å². The minimum absolute atomic E-state index is 0.00777. The van der Waals surface area contributed by atoms with Gasteiger partial charge in [-0.3, -0.25) is 14.3 Å². The number of thioether (sulfide) groups is 2. The van der Waals surface area contributed by atoms with Crippen LogP contribution < -0.4 is 4.90 Å². The van der Waals surface area contributed by atoms with Crippen molar-refractivity contribution in [1.29, 1.82) is 0 Å². The minimum atomic E-state index is 0.00777. The summed E-state index contributed by atoms with van der Waals surface area (Å²) < 4.78 is 2.06. The lowest BCUT2D eigenvalue weighted by Crippen LogP contribution is -2.30. The van der Waals surface area contributed by atoms with Crippen molar-refractivity contribution in [2.75, 3.05) is 10.7 Å². The SMILES string of the molecule is Cc1ccc(SCc2nnc(SCC(=O)N3c4ccccc4Sc4ccccc43)n2-c2ccccc2)cc1. The Labute approximate surface area is 234 Å². The molecule has 0 fully saturated rings. The quantitative estimate of drug-likeness (QED) is 0.192. The Morgan fingerprint density at radius 2 is 1.39 bits per heavy atom. The summed E-state index contributed by atoms with van der Waals surface area (Å²) in [5, 5.41) is 9.75. The first-order valence-electron chi connectivity index (χ1n) is 12.2. The molecule has 0 unspecified atom stereocenters. The molecular weight excluding hydrogens is 529 g/mol. The minimum Gasteiger partial charge on any atom is -0.278 e. The maximum absolute atomic E-state index is 13.7. The molecule has 8 heteroatoms. The fourth-order valence-electron chi connectivity index (χ4n) is 4.27. The number of aryl methyl sites for hydroxylation is 1. The third kappa shape index (κ3) is 5.12. The van der Waals surface area contributed by atoms with Crippen LogP contribution in [0.4, 0.5) is 11.4 Å². The molecule has 0 spiro atoms. The van der Waals surface area contributed by atoms with Gasteiger partial charge in [-0.1, -0.05) is 83.7 Å². The zero-order valence-electron chi connectivity index (χ0n) is 20.7. The molecule has 2 heterocycles. The first-order valence-corrected chi connectivity index (χ1v) is 15.0. The van der Waals surface area contributed by atoms with Gasteiger partial charge in [0.05, 0.1) is 22.9 Å². The lowest BCUT2D eigenvalue weighted by molar-refractivity contribution is -0.115. The standard InChI is InChI=1S/C30H24N4OS3/c1-21-15-17-23(18-16-21)36-19-28-31-32-30(33(28)22-9-3-2-4-10-22)37-20-29(35)34-24-11-5-7-13-26(24)38-27-14-8-6-12-25(27)34/h2-18H,19-20H2,1H3. The van der Waals surface area contributed by atoms with Gasteiger partial charge in [-0.2, -0.15) is 0 Å². The first kappa shape index (κ1) is 24.9. The van der Waals surface area contributed by atoms with Gasteiger partial charge in [0.1, 0.15) is 5.82 Å². The summed E-state index contributed by atoms with van der Waals surface area (Å²) in [7, 11) is 0. The summed E-state index contributed by atoms with van der Waals surface area (Å²) in [6.07, 6.45) is 0. The van der Waals surface area contributed by atoms with Crippen LogP contribution in [0.1, 0.15) is 11.4 Å². The van der Waals surface area contributed by atoms with Gasteiger partial charge in [-0.05, 0) is 55.5 Å². The highest BCUT2D eigenvalue weighted by atomic mass is 32.2. The molecule has 4 aromatic carbocycles. The van der Waals surface area contributed by atoms with Gasteiger partial charge in [0.25, 0.3) is 0 Å². The fraction of sp³-hybridized carbons (Fsp3) is 0.100. The normalized spacial score (nSPS) is 12.2. The monoisotopic (exact) mass is 552 g/mol. The molecule has 5 nitrogen and oxygen atoms in total. The predicted octanol–water partition coefficient (Wildman–Crippen LogP) is 7.79. The smallest absolute Gasteiger partial charge is 0.242 e. The topological polar surface area (TPSA) is 51.0 Å². The first-order chi connectivity index (χ1) is 18.7. The average molecular weight is 553 g/mol. The van der Waals surface area contributed by atoms with Gasteiger partial charge in [0, 0.05) is 20.4 Å². The van der Waals surface area contributed by atoms with Crippen molar-refractivity contribution in [2.45, 2.75) is 32.5 Å². The van der Waals surface area contributed by atoms with E-state index in [9.17, 15) is 4.79 Å². The molecule has 0 radical (unpaired) electrons. The Morgan fingerprint density at radius 1 is 0.763 bits per heavy atom. The van der Waals surface area contributed by atoms with E-state index in [1.165, 1.54) is 22.2 Å². The van der Waals surface area contributed by atoms with Crippen molar-refractivity contribution in [2.24, 2.45) is 0 Å². The molecule has 38 heavy (non-hydrogen) atoms. The van der Waals surface area contributed by atoms with Crippen LogP contribution in [0.5, 0.6) is 0 Å². The Hall–Kier alpha value is -3.46. The number of benzene rings is 4. The van der Waals surface area contributed by atoms with Gasteiger partial charge in [-0.25, -0.2) is 0 Å². The van der Waals surface area contributed by atoms with Crippen LogP contribution in [-0.2, 0) is 10.5 Å². The predicted molar refractivity (Wildman–Crippen MR) is 157 cm³/mol. The van der Waals surface area contributed by atoms with Crippen LogP contribution in [0, 0.1) is 6.92 Å². The van der Waals surface area contributed by atoms with E-state index in [-0.39, 0.29) is 11.7 Å². The lowest BCUT2D eigenvalue weighted by atomic mass is 10.2. The highest BCUT2D eigenvalue weighted by Gasteiger charge is 2.28. The average Bonchev–Trinajstić information content (AvgIpc) is 3.37. The summed E-state index contributed by atoms with van der Waals surface area (Å²) in [5.41, 5.74) is 4.06. The number of aromatic nitrogens is 3. The van der Waals surface area contributed by atoms with E-state index >= 15 is 0 Å². The fourth-order valence-corrected chi connectivity index (χ4v) is 6.96. The van der Waals surface area contributed by atoms with Crippen LogP contribution in [0.3, 0.4) is 0 Å². The number of hydrogen-bond acceptors (Lipinski definition) is 6. The van der Waals surface area contributed by atoms with Gasteiger partial charge in [0.15, 0.2) is 5.16 Å². The Balaban J connectivity index is 1.26. The number of hydrogen-bond donors (Lipinski definition) is 0. The summed E-state index contributed by atoms with van der Waals surface area (Å²) >= 11 is 4.84. The van der Waals surface area contributed by atoms with Crippen LogP contribution in [0.2, 0.25) is 0 Å². The van der Waals surface area contributed by atoms with Crippen molar-refractivity contribution in [3.63, 3.8) is 0 Å². The number of rotatable bonds is 7. The third-order valence-electron chi connectivity index (χ3n) is 6.11. The number of carbonyl (C=O) groups excluding carboxylic acids is 1. The molecular formula is C30H24N4OS3. The number of amides is 1. The Morgan fingerprint density at radius 3 is 2.08 bits per heavy atom. The van der Waals surface area contributed by atoms with Crippen molar-refractivity contribution >= 4 is 52.6 Å². The third-order valence-corrected chi connectivity index (χ3v) is 9.16. The van der Waals surface area contributed by atoms with Gasteiger partial charge < -0.3 is 0 Å². The van der Waals surface area contributed by atoms with Crippen molar-refractivity contribution in [3.8, 4) is 5.69 Å². The van der Waals surface area contributed by atoms with E-state index in [2.05, 4.69) is 58.1 Å². The number of carbonyl (C=O) groups is 1. The van der Waals surface area contributed by atoms with E-state index in [1.807, 2.05) is 71.6 Å². The summed E-state index contributed by atoms with van der Waals surface area (Å²) in [5.74, 6) is 1.77. The van der Waals surface area contributed by atoms with Crippen LogP contribution in [0.15, 0.2) is 123 Å². The van der Waals surface area contributed by atoms with Crippen molar-refractivity contribution in [1.82, 2.24) is 14.8 Å². The molecule has 0 saturated carbocycles. The molecule has 5 aromatic rings. The van der Waals surface area contributed by atoms with E-state index in [0.29, 0.717) is 10.9 Å². The Kier molecular flexibility index (Phi) is 7.27. The molecule has 0 atom stereocenters. The van der Waals surface area contributed by atoms with Crippen LogP contribution in [0.25, 0.3) is 5.69 Å². The van der Waals surface area contributed by atoms with Gasteiger partial charge in [-0.15, -0.1) is 22.0 Å². The van der Waals surface area contributed by atoms with Crippen molar-refractivity contribution < 1.29 is 4.79 Å². The van der Waals surface area contributed by atoms with E-state index < -0.39 is 0 Å². The maximum atomic E-state index is 13.7. The largest absolute Gasteiger partial charge is 0.278 e. The van der Waals surface area contributed by atoms with Gasteiger partial charge >= 0.3 is 0 Å². The second kappa shape index (κ2) is 11.1. The zero-order chi connectivity index (χ0) is 25.9. The number of fused-ring (bicyclic) bond motifs is 2. The molecule has 188 valence electrons. The lowest BCUT2D eigenvalue weighted by Gasteiger charge is -2.30. The number of para-hydroxylation sites is 3. The second-order valence-electron chi connectivity index (χ2n) is 8.73. The summed E-state index contributed by atoms with van der Waals surface area (Å²) in [6, 6.07) is 34.7. The summed E-state index contributed by atoms with van der Waals surface area (Å²) in [4.78, 5) is 18.9. The molecule has 1 aromatic heterocycles. The molecule has 0 N–H and O–H groups in total. The maximum Gasteiger partial charge on any atom is 0.242 e. The molecule has 0 aliphatic carbocycles.